The number of anilines is 1. The molecule has 0 aliphatic heterocycles. The predicted octanol–water partition coefficient (Wildman–Crippen LogP) is 4.85. The van der Waals surface area contributed by atoms with Crippen molar-refractivity contribution in [1.29, 1.82) is 0 Å². The second-order valence-electron chi connectivity index (χ2n) is 6.37. The second-order valence-corrected chi connectivity index (χ2v) is 9.16. The molecule has 0 aromatic heterocycles. The molecular weight excluding hydrogens is 468 g/mol. The van der Waals surface area contributed by atoms with Gasteiger partial charge < -0.3 is 10.1 Å². The molecule has 2 aromatic carbocycles. The summed E-state index contributed by atoms with van der Waals surface area (Å²) in [5.41, 5.74) is 0.936. The zero-order chi connectivity index (χ0) is 22.1. The van der Waals surface area contributed by atoms with Crippen molar-refractivity contribution in [3.8, 4) is 5.75 Å². The minimum atomic E-state index is -3.68. The molecule has 0 atom stereocenters. The third-order valence-corrected chi connectivity index (χ3v) is 6.54. The summed E-state index contributed by atoms with van der Waals surface area (Å²) in [5, 5.41) is 2.76. The molecule has 0 spiro atoms. The zero-order valence-electron chi connectivity index (χ0n) is 16.8. The highest BCUT2D eigenvalue weighted by molar-refractivity contribution is 9.10. The normalized spacial score (nSPS) is 11.2. The van der Waals surface area contributed by atoms with E-state index in [0.29, 0.717) is 28.1 Å². The molecule has 2 aromatic rings. The van der Waals surface area contributed by atoms with E-state index < -0.39 is 10.0 Å². The van der Waals surface area contributed by atoms with E-state index in [1.807, 2.05) is 6.92 Å². The van der Waals surface area contributed by atoms with E-state index in [9.17, 15) is 13.2 Å². The molecule has 0 aliphatic carbocycles. The Bertz CT molecular complexity index is 994. The monoisotopic (exact) mass is 492 g/mol. The summed E-state index contributed by atoms with van der Waals surface area (Å²) >= 11 is 3.41. The number of carbonyl (C=O) groups excluding carboxylic acids is 1. The van der Waals surface area contributed by atoms with Crippen molar-refractivity contribution < 1.29 is 17.9 Å². The molecule has 8 heteroatoms. The Balaban J connectivity index is 2.13. The van der Waals surface area contributed by atoms with Crippen molar-refractivity contribution in [3.05, 3.63) is 77.8 Å². The van der Waals surface area contributed by atoms with E-state index in [1.54, 1.807) is 30.3 Å². The Morgan fingerprint density at radius 2 is 1.77 bits per heavy atom. The minimum absolute atomic E-state index is 0.129. The highest BCUT2D eigenvalue weighted by atomic mass is 79.9. The summed E-state index contributed by atoms with van der Waals surface area (Å²) in [6, 6.07) is 11.1. The number of hydrogen-bond donors (Lipinski definition) is 1. The molecule has 0 saturated heterocycles. The quantitative estimate of drug-likeness (QED) is 0.454. The highest BCUT2D eigenvalue weighted by Crippen LogP contribution is 2.27. The Morgan fingerprint density at radius 1 is 1.13 bits per heavy atom. The van der Waals surface area contributed by atoms with Crippen LogP contribution in [0.2, 0.25) is 0 Å². The van der Waals surface area contributed by atoms with Gasteiger partial charge in [0.15, 0.2) is 0 Å². The maximum absolute atomic E-state index is 12.7. The summed E-state index contributed by atoms with van der Waals surface area (Å²) in [4.78, 5) is 12.7. The molecule has 1 amide bonds. The standard InChI is InChI=1S/C22H25BrN2O4S/c1-4-13-25(14-5-2)30(27,28)19-10-8-18(9-11-19)24-22(26)17-7-12-21(20(23)16-17)29-15-6-3/h4-5,7-12,16H,1-2,6,13-15H2,3H3,(H,24,26). The van der Waals surface area contributed by atoms with Gasteiger partial charge in [-0.05, 0) is 64.8 Å². The molecule has 0 saturated carbocycles. The van der Waals surface area contributed by atoms with E-state index >= 15 is 0 Å². The summed E-state index contributed by atoms with van der Waals surface area (Å²) in [6.07, 6.45) is 3.93. The van der Waals surface area contributed by atoms with Crippen LogP contribution in [0.15, 0.2) is 77.1 Å². The molecule has 0 fully saturated rings. The number of ether oxygens (including phenoxy) is 1. The minimum Gasteiger partial charge on any atom is -0.492 e. The molecule has 6 nitrogen and oxygen atoms in total. The lowest BCUT2D eigenvalue weighted by molar-refractivity contribution is 0.102. The molecule has 0 unspecified atom stereocenters. The highest BCUT2D eigenvalue weighted by Gasteiger charge is 2.22. The van der Waals surface area contributed by atoms with Crippen LogP contribution in [0.4, 0.5) is 5.69 Å². The summed E-state index contributed by atoms with van der Waals surface area (Å²) < 4.78 is 33.0. The van der Waals surface area contributed by atoms with Gasteiger partial charge in [-0.15, -0.1) is 13.2 Å². The van der Waals surface area contributed by atoms with Gasteiger partial charge >= 0.3 is 0 Å². The van der Waals surface area contributed by atoms with Crippen molar-refractivity contribution in [2.45, 2.75) is 18.2 Å². The Kier molecular flexibility index (Phi) is 8.83. The van der Waals surface area contributed by atoms with E-state index in [0.717, 1.165) is 6.42 Å². The first-order chi connectivity index (χ1) is 14.3. The van der Waals surface area contributed by atoms with Crippen molar-refractivity contribution in [1.82, 2.24) is 4.31 Å². The van der Waals surface area contributed by atoms with Crippen LogP contribution in [0.1, 0.15) is 23.7 Å². The average molecular weight is 493 g/mol. The van der Waals surface area contributed by atoms with Gasteiger partial charge in [-0.25, -0.2) is 8.42 Å². The fraction of sp³-hybridized carbons (Fsp3) is 0.227. The molecule has 2 rings (SSSR count). The SMILES string of the molecule is C=CCN(CC=C)S(=O)(=O)c1ccc(NC(=O)c2ccc(OCCC)c(Br)c2)cc1. The van der Waals surface area contributed by atoms with Gasteiger partial charge in [-0.3, -0.25) is 4.79 Å². The van der Waals surface area contributed by atoms with Gasteiger partial charge in [-0.2, -0.15) is 4.31 Å². The topological polar surface area (TPSA) is 75.7 Å². The Hall–Kier alpha value is -2.42. The Labute approximate surface area is 186 Å². The maximum atomic E-state index is 12.7. The second kappa shape index (κ2) is 11.1. The van der Waals surface area contributed by atoms with Gasteiger partial charge in [0.2, 0.25) is 10.0 Å². The first-order valence-electron chi connectivity index (χ1n) is 9.39. The number of amides is 1. The summed E-state index contributed by atoms with van der Waals surface area (Å²) in [7, 11) is -3.68. The summed E-state index contributed by atoms with van der Waals surface area (Å²) in [6.45, 7) is 10.2. The molecule has 0 bridgehead atoms. The number of carbonyl (C=O) groups is 1. The Morgan fingerprint density at radius 3 is 2.30 bits per heavy atom. The van der Waals surface area contributed by atoms with Gasteiger partial charge in [0.05, 0.1) is 16.0 Å². The molecular formula is C22H25BrN2O4S. The number of hydrogen-bond acceptors (Lipinski definition) is 4. The van der Waals surface area contributed by atoms with Crippen LogP contribution in [0.25, 0.3) is 0 Å². The molecule has 1 N–H and O–H groups in total. The average Bonchev–Trinajstić information content (AvgIpc) is 2.73. The summed E-state index contributed by atoms with van der Waals surface area (Å²) in [5.74, 6) is 0.361. The molecule has 0 radical (unpaired) electrons. The van der Waals surface area contributed by atoms with Crippen LogP contribution in [0.5, 0.6) is 5.75 Å². The maximum Gasteiger partial charge on any atom is 0.255 e. The van der Waals surface area contributed by atoms with Gasteiger partial charge in [0, 0.05) is 24.3 Å². The number of sulfonamides is 1. The van der Waals surface area contributed by atoms with Gasteiger partial charge in [0.1, 0.15) is 5.75 Å². The largest absolute Gasteiger partial charge is 0.492 e. The first-order valence-corrected chi connectivity index (χ1v) is 11.6. The molecule has 0 aliphatic rings. The number of rotatable bonds is 11. The number of nitrogens with one attached hydrogen (secondary N) is 1. The molecule has 30 heavy (non-hydrogen) atoms. The van der Waals surface area contributed by atoms with Crippen molar-refractivity contribution in [2.24, 2.45) is 0 Å². The van der Waals surface area contributed by atoms with Crippen molar-refractivity contribution in [2.75, 3.05) is 25.0 Å². The molecule has 160 valence electrons. The lowest BCUT2D eigenvalue weighted by Gasteiger charge is -2.19. The fourth-order valence-electron chi connectivity index (χ4n) is 2.59. The van der Waals surface area contributed by atoms with Crippen LogP contribution in [-0.4, -0.2) is 38.3 Å². The third kappa shape index (κ3) is 6.04. The van der Waals surface area contributed by atoms with Gasteiger partial charge in [0.25, 0.3) is 5.91 Å². The fourth-order valence-corrected chi connectivity index (χ4v) is 4.47. The van der Waals surface area contributed by atoms with Crippen molar-refractivity contribution >= 4 is 37.5 Å². The van der Waals surface area contributed by atoms with E-state index in [4.69, 9.17) is 4.74 Å². The van der Waals surface area contributed by atoms with Crippen LogP contribution >= 0.6 is 15.9 Å². The first kappa shape index (κ1) is 23.9. The smallest absolute Gasteiger partial charge is 0.255 e. The molecule has 0 heterocycles. The van der Waals surface area contributed by atoms with Crippen LogP contribution in [-0.2, 0) is 10.0 Å². The van der Waals surface area contributed by atoms with E-state index in [-0.39, 0.29) is 23.9 Å². The van der Waals surface area contributed by atoms with Crippen molar-refractivity contribution in [3.63, 3.8) is 0 Å². The predicted molar refractivity (Wildman–Crippen MR) is 123 cm³/mol. The number of halogens is 1. The van der Waals surface area contributed by atoms with E-state index in [1.165, 1.54) is 28.6 Å². The lowest BCUT2D eigenvalue weighted by atomic mass is 10.2. The number of benzene rings is 2. The van der Waals surface area contributed by atoms with Crippen LogP contribution in [0, 0.1) is 0 Å². The van der Waals surface area contributed by atoms with Crippen LogP contribution < -0.4 is 10.1 Å². The zero-order valence-corrected chi connectivity index (χ0v) is 19.2. The van der Waals surface area contributed by atoms with Gasteiger partial charge in [-0.1, -0.05) is 19.1 Å². The van der Waals surface area contributed by atoms with Crippen LogP contribution in [0.3, 0.4) is 0 Å². The lowest BCUT2D eigenvalue weighted by Crippen LogP contribution is -2.31. The number of nitrogens with zero attached hydrogens (tertiary/aromatic N) is 1. The third-order valence-electron chi connectivity index (χ3n) is 4.07. The van der Waals surface area contributed by atoms with E-state index in [2.05, 4.69) is 34.4 Å².